The monoisotopic (exact) mass is 170 g/mol. The molecule has 0 spiro atoms. The molecule has 0 radical (unpaired) electrons. The molecule has 2 atom stereocenters. The van der Waals surface area contributed by atoms with Gasteiger partial charge in [0.25, 0.3) is 0 Å². The van der Waals surface area contributed by atoms with E-state index in [2.05, 4.69) is 11.4 Å². The smallest absolute Gasteiger partial charge is 0.0955 e. The highest BCUT2D eigenvalue weighted by Gasteiger charge is 2.26. The molecule has 0 aromatic rings. The van der Waals surface area contributed by atoms with E-state index in [9.17, 15) is 5.11 Å². The van der Waals surface area contributed by atoms with Crippen molar-refractivity contribution in [1.29, 1.82) is 5.26 Å². The van der Waals surface area contributed by atoms with Gasteiger partial charge in [0.05, 0.1) is 18.2 Å². The first kappa shape index (κ1) is 11.4. The minimum absolute atomic E-state index is 0.172. The second-order valence-corrected chi connectivity index (χ2v) is 3.63. The Morgan fingerprint density at radius 2 is 2.08 bits per heavy atom. The van der Waals surface area contributed by atoms with Crippen molar-refractivity contribution in [3.05, 3.63) is 0 Å². The molecule has 0 saturated carbocycles. The van der Waals surface area contributed by atoms with Gasteiger partial charge in [0.1, 0.15) is 0 Å². The van der Waals surface area contributed by atoms with Crippen LogP contribution in [0.15, 0.2) is 0 Å². The van der Waals surface area contributed by atoms with Crippen molar-refractivity contribution in [1.82, 2.24) is 5.32 Å². The Morgan fingerprint density at radius 3 is 2.33 bits per heavy atom. The van der Waals surface area contributed by atoms with Crippen LogP contribution >= 0.6 is 0 Å². The number of aliphatic hydroxyl groups is 1. The standard InChI is InChI=1S/C9H18N2O/c1-5-8(6-10)11-9(3,4)7(2)12/h7-8,11-12H,5H2,1-4H3. The van der Waals surface area contributed by atoms with Gasteiger partial charge in [0.15, 0.2) is 0 Å². The molecular formula is C9H18N2O. The van der Waals surface area contributed by atoms with Crippen molar-refractivity contribution in [2.75, 3.05) is 0 Å². The molecule has 12 heavy (non-hydrogen) atoms. The van der Waals surface area contributed by atoms with Crippen LogP contribution in [-0.2, 0) is 0 Å². The number of rotatable bonds is 4. The van der Waals surface area contributed by atoms with Crippen LogP contribution in [0.3, 0.4) is 0 Å². The van der Waals surface area contributed by atoms with Crippen molar-refractivity contribution in [2.45, 2.75) is 51.8 Å². The summed E-state index contributed by atoms with van der Waals surface area (Å²) in [5.41, 5.74) is -0.392. The molecule has 0 aromatic heterocycles. The zero-order chi connectivity index (χ0) is 9.78. The number of hydrogen-bond acceptors (Lipinski definition) is 3. The van der Waals surface area contributed by atoms with E-state index in [-0.39, 0.29) is 6.04 Å². The molecule has 70 valence electrons. The van der Waals surface area contributed by atoms with Crippen LogP contribution < -0.4 is 5.32 Å². The van der Waals surface area contributed by atoms with E-state index in [0.29, 0.717) is 0 Å². The molecule has 0 aromatic carbocycles. The summed E-state index contributed by atoms with van der Waals surface area (Å²) in [6, 6.07) is 1.97. The molecular weight excluding hydrogens is 152 g/mol. The second-order valence-electron chi connectivity index (χ2n) is 3.63. The predicted octanol–water partition coefficient (Wildman–Crippen LogP) is 1.04. The summed E-state index contributed by atoms with van der Waals surface area (Å²) >= 11 is 0. The fourth-order valence-corrected chi connectivity index (χ4v) is 0.795. The van der Waals surface area contributed by atoms with E-state index < -0.39 is 11.6 Å². The SMILES string of the molecule is CCC(C#N)NC(C)(C)C(C)O. The van der Waals surface area contributed by atoms with Crippen molar-refractivity contribution < 1.29 is 5.11 Å². The first-order valence-electron chi connectivity index (χ1n) is 4.29. The van der Waals surface area contributed by atoms with Crippen molar-refractivity contribution in [3.63, 3.8) is 0 Å². The van der Waals surface area contributed by atoms with Crippen LogP contribution in [0, 0.1) is 11.3 Å². The maximum atomic E-state index is 9.35. The number of nitriles is 1. The molecule has 0 bridgehead atoms. The summed E-state index contributed by atoms with van der Waals surface area (Å²) in [7, 11) is 0. The highest BCUT2D eigenvalue weighted by Crippen LogP contribution is 2.10. The third kappa shape index (κ3) is 3.21. The van der Waals surface area contributed by atoms with E-state index in [1.165, 1.54) is 0 Å². The van der Waals surface area contributed by atoms with Crippen LogP contribution in [0.25, 0.3) is 0 Å². The zero-order valence-electron chi connectivity index (χ0n) is 8.26. The van der Waals surface area contributed by atoms with Gasteiger partial charge in [0.2, 0.25) is 0 Å². The molecule has 0 heterocycles. The lowest BCUT2D eigenvalue weighted by Crippen LogP contribution is -2.52. The van der Waals surface area contributed by atoms with Crippen molar-refractivity contribution in [2.24, 2.45) is 0 Å². The van der Waals surface area contributed by atoms with Gasteiger partial charge in [-0.1, -0.05) is 6.92 Å². The number of nitrogens with zero attached hydrogens (tertiary/aromatic N) is 1. The minimum Gasteiger partial charge on any atom is -0.392 e. The fourth-order valence-electron chi connectivity index (χ4n) is 0.795. The van der Waals surface area contributed by atoms with Crippen LogP contribution in [-0.4, -0.2) is 22.8 Å². The molecule has 3 heteroatoms. The van der Waals surface area contributed by atoms with E-state index >= 15 is 0 Å². The predicted molar refractivity (Wildman–Crippen MR) is 48.6 cm³/mol. The third-order valence-electron chi connectivity index (χ3n) is 2.15. The lowest BCUT2D eigenvalue weighted by atomic mass is 9.97. The van der Waals surface area contributed by atoms with Gasteiger partial charge in [-0.15, -0.1) is 0 Å². The molecule has 3 nitrogen and oxygen atoms in total. The normalized spacial score (nSPS) is 16.7. The van der Waals surface area contributed by atoms with Crippen LogP contribution in [0.5, 0.6) is 0 Å². The summed E-state index contributed by atoms with van der Waals surface area (Å²) in [4.78, 5) is 0. The van der Waals surface area contributed by atoms with Crippen LogP contribution in [0.4, 0.5) is 0 Å². The minimum atomic E-state index is -0.458. The molecule has 0 fully saturated rings. The third-order valence-corrected chi connectivity index (χ3v) is 2.15. The lowest BCUT2D eigenvalue weighted by molar-refractivity contribution is 0.0921. The Kier molecular flexibility index (Phi) is 4.22. The van der Waals surface area contributed by atoms with Crippen LogP contribution in [0.1, 0.15) is 34.1 Å². The quantitative estimate of drug-likeness (QED) is 0.662. The largest absolute Gasteiger partial charge is 0.392 e. The molecule has 0 aliphatic carbocycles. The van der Waals surface area contributed by atoms with Gasteiger partial charge in [-0.2, -0.15) is 5.26 Å². The van der Waals surface area contributed by atoms with Gasteiger partial charge < -0.3 is 5.11 Å². The Bertz CT molecular complexity index is 170. The molecule has 0 amide bonds. The van der Waals surface area contributed by atoms with Gasteiger partial charge in [-0.25, -0.2) is 0 Å². The van der Waals surface area contributed by atoms with Gasteiger partial charge >= 0.3 is 0 Å². The Hall–Kier alpha value is -0.590. The number of aliphatic hydroxyl groups excluding tert-OH is 1. The Labute approximate surface area is 74.4 Å². The summed E-state index contributed by atoms with van der Waals surface area (Å²) in [5.74, 6) is 0. The van der Waals surface area contributed by atoms with Gasteiger partial charge in [-0.3, -0.25) is 5.32 Å². The Morgan fingerprint density at radius 1 is 1.58 bits per heavy atom. The molecule has 2 unspecified atom stereocenters. The number of nitrogens with one attached hydrogen (secondary N) is 1. The average molecular weight is 170 g/mol. The summed E-state index contributed by atoms with van der Waals surface area (Å²) in [6.45, 7) is 7.44. The topological polar surface area (TPSA) is 56.0 Å². The molecule has 0 aliphatic heterocycles. The lowest BCUT2D eigenvalue weighted by Gasteiger charge is -2.31. The molecule has 0 saturated heterocycles. The summed E-state index contributed by atoms with van der Waals surface area (Å²) < 4.78 is 0. The maximum Gasteiger partial charge on any atom is 0.0955 e. The maximum absolute atomic E-state index is 9.35. The van der Waals surface area contributed by atoms with Gasteiger partial charge in [0, 0.05) is 5.54 Å². The second kappa shape index (κ2) is 4.44. The van der Waals surface area contributed by atoms with Gasteiger partial charge in [-0.05, 0) is 27.2 Å². The van der Waals surface area contributed by atoms with E-state index in [1.807, 2.05) is 20.8 Å². The first-order valence-corrected chi connectivity index (χ1v) is 4.29. The first-order chi connectivity index (χ1) is 5.44. The van der Waals surface area contributed by atoms with Crippen LogP contribution in [0.2, 0.25) is 0 Å². The summed E-state index contributed by atoms with van der Waals surface area (Å²) in [6.07, 6.45) is 0.298. The fraction of sp³-hybridized carbons (Fsp3) is 0.889. The molecule has 0 aliphatic rings. The van der Waals surface area contributed by atoms with E-state index in [1.54, 1.807) is 6.92 Å². The van der Waals surface area contributed by atoms with Crippen molar-refractivity contribution >= 4 is 0 Å². The zero-order valence-corrected chi connectivity index (χ0v) is 8.26. The van der Waals surface area contributed by atoms with Crippen molar-refractivity contribution in [3.8, 4) is 6.07 Å². The average Bonchev–Trinajstić information content (AvgIpc) is 2.00. The van der Waals surface area contributed by atoms with E-state index in [0.717, 1.165) is 6.42 Å². The molecule has 2 N–H and O–H groups in total. The number of hydrogen-bond donors (Lipinski definition) is 2. The van der Waals surface area contributed by atoms with E-state index in [4.69, 9.17) is 5.26 Å². The highest BCUT2D eigenvalue weighted by atomic mass is 16.3. The Balaban J connectivity index is 4.14. The molecule has 0 rings (SSSR count). The highest BCUT2D eigenvalue weighted by molar-refractivity contribution is 4.95. The summed E-state index contributed by atoms with van der Waals surface area (Å²) in [5, 5.41) is 21.1.